The van der Waals surface area contributed by atoms with Crippen LogP contribution in [0.1, 0.15) is 12.5 Å². The van der Waals surface area contributed by atoms with E-state index in [1.165, 1.54) is 5.56 Å². The number of hydrogen-bond acceptors (Lipinski definition) is 3. The van der Waals surface area contributed by atoms with Crippen LogP contribution in [-0.2, 0) is 4.87 Å². The predicted molar refractivity (Wildman–Crippen MR) is 60.8 cm³/mol. The third-order valence-corrected chi connectivity index (χ3v) is 3.93. The molecule has 1 unspecified atom stereocenters. The van der Waals surface area contributed by atoms with Crippen molar-refractivity contribution in [3.63, 3.8) is 0 Å². The van der Waals surface area contributed by atoms with E-state index in [-0.39, 0.29) is 4.87 Å². The van der Waals surface area contributed by atoms with Gasteiger partial charge in [-0.15, -0.1) is 11.8 Å². The standard InChI is InChI=1S/C11H15NOS/c1-11(12-7-8-14-11)9-5-3-4-6-10(9)13-2/h3-6,12H,7-8H2,1-2H3. The molecule has 1 saturated heterocycles. The normalized spacial score (nSPS) is 26.4. The number of thioether (sulfide) groups is 1. The lowest BCUT2D eigenvalue weighted by molar-refractivity contribution is 0.399. The Morgan fingerprint density at radius 3 is 2.86 bits per heavy atom. The molecule has 0 radical (unpaired) electrons. The fourth-order valence-electron chi connectivity index (χ4n) is 1.81. The molecule has 0 aromatic heterocycles. The van der Waals surface area contributed by atoms with Crippen LogP contribution in [0.3, 0.4) is 0 Å². The SMILES string of the molecule is COc1ccccc1C1(C)NCCS1. The summed E-state index contributed by atoms with van der Waals surface area (Å²) in [6, 6.07) is 8.21. The van der Waals surface area contributed by atoms with Crippen LogP contribution < -0.4 is 10.1 Å². The van der Waals surface area contributed by atoms with Crippen molar-refractivity contribution >= 4 is 11.8 Å². The first-order valence-corrected chi connectivity index (χ1v) is 5.77. The molecule has 1 atom stereocenters. The van der Waals surface area contributed by atoms with Gasteiger partial charge in [0.25, 0.3) is 0 Å². The zero-order chi connectivity index (χ0) is 10.0. The van der Waals surface area contributed by atoms with E-state index in [9.17, 15) is 0 Å². The first-order chi connectivity index (χ1) is 6.76. The maximum Gasteiger partial charge on any atom is 0.124 e. The topological polar surface area (TPSA) is 21.3 Å². The van der Waals surface area contributed by atoms with Gasteiger partial charge in [0.05, 0.1) is 12.0 Å². The second-order valence-corrected chi connectivity index (χ2v) is 5.02. The van der Waals surface area contributed by atoms with Crippen molar-refractivity contribution in [1.82, 2.24) is 5.32 Å². The van der Waals surface area contributed by atoms with Crippen LogP contribution >= 0.6 is 11.8 Å². The molecule has 14 heavy (non-hydrogen) atoms. The third-order valence-electron chi connectivity index (χ3n) is 2.58. The number of hydrogen-bond donors (Lipinski definition) is 1. The predicted octanol–water partition coefficient (Wildman–Crippen LogP) is 2.20. The Hall–Kier alpha value is -0.670. The van der Waals surface area contributed by atoms with E-state index in [2.05, 4.69) is 24.4 Å². The molecule has 1 N–H and O–H groups in total. The average molecular weight is 209 g/mol. The first kappa shape index (κ1) is 9.87. The zero-order valence-electron chi connectivity index (χ0n) is 8.54. The molecule has 2 nitrogen and oxygen atoms in total. The van der Waals surface area contributed by atoms with E-state index >= 15 is 0 Å². The highest BCUT2D eigenvalue weighted by Crippen LogP contribution is 2.40. The second-order valence-electron chi connectivity index (χ2n) is 3.51. The molecular weight excluding hydrogens is 194 g/mol. The lowest BCUT2D eigenvalue weighted by Crippen LogP contribution is -2.31. The summed E-state index contributed by atoms with van der Waals surface area (Å²) in [5, 5.41) is 3.51. The van der Waals surface area contributed by atoms with Crippen molar-refractivity contribution in [1.29, 1.82) is 0 Å². The molecular formula is C11H15NOS. The number of benzene rings is 1. The molecule has 0 saturated carbocycles. The summed E-state index contributed by atoms with van der Waals surface area (Å²) in [6.07, 6.45) is 0. The smallest absolute Gasteiger partial charge is 0.124 e. The van der Waals surface area contributed by atoms with Crippen LogP contribution in [0, 0.1) is 0 Å². The van der Waals surface area contributed by atoms with Gasteiger partial charge in [-0.05, 0) is 13.0 Å². The number of methoxy groups -OCH3 is 1. The molecule has 0 amide bonds. The van der Waals surface area contributed by atoms with E-state index in [0.29, 0.717) is 0 Å². The maximum absolute atomic E-state index is 5.37. The molecule has 1 aromatic carbocycles. The monoisotopic (exact) mass is 209 g/mol. The van der Waals surface area contributed by atoms with Gasteiger partial charge in [0, 0.05) is 17.9 Å². The van der Waals surface area contributed by atoms with Crippen molar-refractivity contribution in [2.24, 2.45) is 0 Å². The largest absolute Gasteiger partial charge is 0.496 e. The van der Waals surface area contributed by atoms with Gasteiger partial charge >= 0.3 is 0 Å². The Kier molecular flexibility index (Phi) is 2.70. The van der Waals surface area contributed by atoms with Crippen molar-refractivity contribution in [2.45, 2.75) is 11.8 Å². The van der Waals surface area contributed by atoms with Gasteiger partial charge in [0.1, 0.15) is 5.75 Å². The molecule has 1 aliphatic heterocycles. The molecule has 76 valence electrons. The van der Waals surface area contributed by atoms with Crippen LogP contribution in [0.4, 0.5) is 0 Å². The van der Waals surface area contributed by atoms with E-state index in [0.717, 1.165) is 18.0 Å². The molecule has 1 aliphatic rings. The Labute approximate surface area is 89.0 Å². The average Bonchev–Trinajstić information content (AvgIpc) is 2.66. The highest BCUT2D eigenvalue weighted by Gasteiger charge is 2.33. The highest BCUT2D eigenvalue weighted by molar-refractivity contribution is 8.00. The number of ether oxygens (including phenoxy) is 1. The van der Waals surface area contributed by atoms with Crippen LogP contribution in [-0.4, -0.2) is 19.4 Å². The van der Waals surface area contributed by atoms with Crippen LogP contribution in [0.2, 0.25) is 0 Å². The Bertz CT molecular complexity index is 321. The number of para-hydroxylation sites is 1. The first-order valence-electron chi connectivity index (χ1n) is 4.79. The summed E-state index contributed by atoms with van der Waals surface area (Å²) in [5.41, 5.74) is 1.24. The second kappa shape index (κ2) is 3.83. The summed E-state index contributed by atoms with van der Waals surface area (Å²) >= 11 is 1.94. The summed E-state index contributed by atoms with van der Waals surface area (Å²) in [6.45, 7) is 3.28. The number of rotatable bonds is 2. The Balaban J connectivity index is 2.39. The van der Waals surface area contributed by atoms with Gasteiger partial charge in [0.2, 0.25) is 0 Å². The van der Waals surface area contributed by atoms with E-state index in [1.54, 1.807) is 7.11 Å². The molecule has 3 heteroatoms. The fraction of sp³-hybridized carbons (Fsp3) is 0.455. The van der Waals surface area contributed by atoms with Gasteiger partial charge in [0.15, 0.2) is 0 Å². The lowest BCUT2D eigenvalue weighted by Gasteiger charge is -2.25. The molecule has 0 aliphatic carbocycles. The van der Waals surface area contributed by atoms with Crippen LogP contribution in [0.25, 0.3) is 0 Å². The van der Waals surface area contributed by atoms with Gasteiger partial charge in [-0.2, -0.15) is 0 Å². The summed E-state index contributed by atoms with van der Waals surface area (Å²) in [7, 11) is 1.72. The van der Waals surface area contributed by atoms with E-state index in [1.807, 2.05) is 23.9 Å². The van der Waals surface area contributed by atoms with Gasteiger partial charge in [-0.25, -0.2) is 0 Å². The van der Waals surface area contributed by atoms with Crippen molar-refractivity contribution < 1.29 is 4.74 Å². The lowest BCUT2D eigenvalue weighted by atomic mass is 10.1. The quantitative estimate of drug-likeness (QED) is 0.807. The number of nitrogens with one attached hydrogen (secondary N) is 1. The minimum absolute atomic E-state index is 0.0204. The third kappa shape index (κ3) is 1.62. The Morgan fingerprint density at radius 1 is 1.43 bits per heavy atom. The Morgan fingerprint density at radius 2 is 2.21 bits per heavy atom. The summed E-state index contributed by atoms with van der Waals surface area (Å²) in [5.74, 6) is 2.13. The van der Waals surface area contributed by atoms with Crippen molar-refractivity contribution in [3.05, 3.63) is 29.8 Å². The van der Waals surface area contributed by atoms with E-state index in [4.69, 9.17) is 4.74 Å². The maximum atomic E-state index is 5.37. The molecule has 0 bridgehead atoms. The molecule has 1 aromatic rings. The molecule has 1 fully saturated rings. The minimum atomic E-state index is 0.0204. The fourth-order valence-corrected chi connectivity index (χ4v) is 2.95. The van der Waals surface area contributed by atoms with Gasteiger partial charge < -0.3 is 4.74 Å². The van der Waals surface area contributed by atoms with Crippen molar-refractivity contribution in [3.8, 4) is 5.75 Å². The van der Waals surface area contributed by atoms with Crippen LogP contribution in [0.15, 0.2) is 24.3 Å². The van der Waals surface area contributed by atoms with Crippen molar-refractivity contribution in [2.75, 3.05) is 19.4 Å². The van der Waals surface area contributed by atoms with Crippen LogP contribution in [0.5, 0.6) is 5.75 Å². The summed E-state index contributed by atoms with van der Waals surface area (Å²) < 4.78 is 5.37. The molecule has 0 spiro atoms. The van der Waals surface area contributed by atoms with Gasteiger partial charge in [-0.3, -0.25) is 5.32 Å². The minimum Gasteiger partial charge on any atom is -0.496 e. The highest BCUT2D eigenvalue weighted by atomic mass is 32.2. The zero-order valence-corrected chi connectivity index (χ0v) is 9.36. The molecule has 1 heterocycles. The van der Waals surface area contributed by atoms with E-state index < -0.39 is 0 Å². The van der Waals surface area contributed by atoms with Gasteiger partial charge in [-0.1, -0.05) is 18.2 Å². The summed E-state index contributed by atoms with van der Waals surface area (Å²) in [4.78, 5) is 0.0204. The molecule has 2 rings (SSSR count).